The Labute approximate surface area is 240 Å². The lowest BCUT2D eigenvalue weighted by Crippen LogP contribution is -2.00. The van der Waals surface area contributed by atoms with E-state index in [1.54, 1.807) is 0 Å². The van der Waals surface area contributed by atoms with Crippen LogP contribution in [0.5, 0.6) is 0 Å². The van der Waals surface area contributed by atoms with Crippen molar-refractivity contribution < 1.29 is 0 Å². The minimum atomic E-state index is 0.676. The van der Waals surface area contributed by atoms with E-state index in [1.807, 2.05) is 47.7 Å². The van der Waals surface area contributed by atoms with Crippen molar-refractivity contribution in [3.8, 4) is 56.4 Å². The summed E-state index contributed by atoms with van der Waals surface area (Å²) < 4.78 is 2.49. The lowest BCUT2D eigenvalue weighted by atomic mass is 9.93. The average Bonchev–Trinajstić information content (AvgIpc) is 3.39. The van der Waals surface area contributed by atoms with Gasteiger partial charge in [0.2, 0.25) is 0 Å². The second kappa shape index (κ2) is 8.65. The zero-order chi connectivity index (χ0) is 26.9. The number of hydrogen-bond acceptors (Lipinski definition) is 4. The summed E-state index contributed by atoms with van der Waals surface area (Å²) in [5.74, 6) is 2.05. The van der Waals surface area contributed by atoms with Gasteiger partial charge >= 0.3 is 0 Å². The van der Waals surface area contributed by atoms with Crippen molar-refractivity contribution in [1.82, 2.24) is 15.0 Å². The summed E-state index contributed by atoms with van der Waals surface area (Å²) in [6.45, 7) is 0. The van der Waals surface area contributed by atoms with Gasteiger partial charge in [-0.15, -0.1) is 11.3 Å². The number of thiophene rings is 1. The smallest absolute Gasteiger partial charge is 0.165 e. The van der Waals surface area contributed by atoms with Crippen LogP contribution in [0.2, 0.25) is 0 Å². The molecule has 0 N–H and O–H groups in total. The van der Waals surface area contributed by atoms with Gasteiger partial charge in [-0.25, -0.2) is 15.0 Å². The topological polar surface area (TPSA) is 38.7 Å². The Morgan fingerprint density at radius 2 is 0.927 bits per heavy atom. The number of fused-ring (bicyclic) bond motifs is 3. The van der Waals surface area contributed by atoms with Crippen LogP contribution in [0.1, 0.15) is 0 Å². The van der Waals surface area contributed by atoms with Gasteiger partial charge in [0.1, 0.15) is 0 Å². The van der Waals surface area contributed by atoms with E-state index in [0.717, 1.165) is 16.7 Å². The molecule has 4 heteroatoms. The molecule has 0 amide bonds. The first kappa shape index (κ1) is 22.6. The van der Waals surface area contributed by atoms with E-state index in [1.165, 1.54) is 53.2 Å². The molecule has 1 aliphatic carbocycles. The first-order valence-electron chi connectivity index (χ1n) is 13.7. The number of hydrogen-bond donors (Lipinski definition) is 0. The van der Waals surface area contributed by atoms with Crippen LogP contribution in [0.4, 0.5) is 0 Å². The van der Waals surface area contributed by atoms with Crippen LogP contribution in [-0.4, -0.2) is 15.0 Å². The maximum Gasteiger partial charge on any atom is 0.165 e. The normalized spacial score (nSPS) is 11.9. The van der Waals surface area contributed by atoms with Crippen LogP contribution in [0.3, 0.4) is 0 Å². The van der Waals surface area contributed by atoms with E-state index < -0.39 is 0 Å². The maximum absolute atomic E-state index is 5.11. The lowest BCUT2D eigenvalue weighted by molar-refractivity contribution is 1.08. The van der Waals surface area contributed by atoms with Gasteiger partial charge in [-0.05, 0) is 45.2 Å². The molecule has 190 valence electrons. The highest BCUT2D eigenvalue weighted by Crippen LogP contribution is 2.52. The van der Waals surface area contributed by atoms with Crippen molar-refractivity contribution in [3.63, 3.8) is 0 Å². The van der Waals surface area contributed by atoms with E-state index in [4.69, 9.17) is 15.0 Å². The van der Waals surface area contributed by atoms with E-state index in [-0.39, 0.29) is 0 Å². The van der Waals surface area contributed by atoms with Crippen molar-refractivity contribution in [3.05, 3.63) is 127 Å². The Kier molecular flexibility index (Phi) is 4.77. The van der Waals surface area contributed by atoms with Crippen LogP contribution in [-0.2, 0) is 0 Å². The fraction of sp³-hybridized carbons (Fsp3) is 0. The summed E-state index contributed by atoms with van der Waals surface area (Å²) in [5.41, 5.74) is 8.10. The van der Waals surface area contributed by atoms with Crippen LogP contribution in [0.25, 0.3) is 87.4 Å². The fourth-order valence-corrected chi connectivity index (χ4v) is 7.51. The van der Waals surface area contributed by atoms with Gasteiger partial charge in [-0.1, -0.05) is 115 Å². The molecule has 2 heterocycles. The second-order valence-corrected chi connectivity index (χ2v) is 11.4. The Morgan fingerprint density at radius 1 is 0.390 bits per heavy atom. The molecule has 3 nitrogen and oxygen atoms in total. The maximum atomic E-state index is 5.11. The Balaban J connectivity index is 1.43. The molecule has 0 atom stereocenters. The predicted octanol–water partition coefficient (Wildman–Crippen LogP) is 10.0. The van der Waals surface area contributed by atoms with Gasteiger partial charge in [-0.3, -0.25) is 0 Å². The molecule has 6 aromatic carbocycles. The van der Waals surface area contributed by atoms with Crippen molar-refractivity contribution in [2.24, 2.45) is 0 Å². The first-order chi connectivity index (χ1) is 20.3. The Bertz CT molecular complexity index is 2230. The molecule has 1 aliphatic rings. The lowest BCUT2D eigenvalue weighted by Gasteiger charge is -2.13. The van der Waals surface area contributed by atoms with Gasteiger partial charge in [0.05, 0.1) is 0 Å². The molecule has 41 heavy (non-hydrogen) atoms. The first-order valence-corrected chi connectivity index (χ1v) is 14.5. The fourth-order valence-electron chi connectivity index (χ4n) is 6.26. The largest absolute Gasteiger partial charge is 0.208 e. The number of aromatic nitrogens is 3. The van der Waals surface area contributed by atoms with Crippen LogP contribution >= 0.6 is 11.3 Å². The summed E-state index contributed by atoms with van der Waals surface area (Å²) in [4.78, 5) is 15.2. The number of benzene rings is 6. The quantitative estimate of drug-likeness (QED) is 0.224. The van der Waals surface area contributed by atoms with Crippen molar-refractivity contribution >= 4 is 42.3 Å². The van der Waals surface area contributed by atoms with Gasteiger partial charge in [0.15, 0.2) is 17.5 Å². The molecule has 0 unspecified atom stereocenters. The average molecular weight is 540 g/mol. The van der Waals surface area contributed by atoms with Gasteiger partial charge in [0.25, 0.3) is 0 Å². The zero-order valence-electron chi connectivity index (χ0n) is 21.9. The molecule has 0 spiro atoms. The van der Waals surface area contributed by atoms with Crippen LogP contribution in [0.15, 0.2) is 127 Å². The highest BCUT2D eigenvalue weighted by atomic mass is 32.1. The summed E-state index contributed by atoms with van der Waals surface area (Å²) >= 11 is 1.83. The SMILES string of the molecule is c1ccc(-c2nc(-c3ccccc3)nc(-c3cc4cccc5c4c4c3sc3cccc(c34)-c3ccccc3-5)n2)cc1. The standard InChI is InChI=1S/C37H21N3S/c1-3-11-22(12-4-1)35-38-36(23-13-5-2-6-14-23)40-37(39-35)29-21-24-15-9-18-27-25-16-7-8-17-26(25)28-19-10-20-30-32(28)33(31(24)27)34(29)41-30/h1-21H. The molecule has 8 aromatic rings. The van der Waals surface area contributed by atoms with E-state index in [9.17, 15) is 0 Å². The molecule has 9 rings (SSSR count). The summed E-state index contributed by atoms with van der Waals surface area (Å²) in [7, 11) is 0. The zero-order valence-corrected chi connectivity index (χ0v) is 22.7. The molecule has 0 bridgehead atoms. The number of nitrogens with zero attached hydrogens (tertiary/aromatic N) is 3. The molecular weight excluding hydrogens is 518 g/mol. The third kappa shape index (κ3) is 3.35. The van der Waals surface area contributed by atoms with Crippen LogP contribution < -0.4 is 0 Å². The van der Waals surface area contributed by atoms with E-state index in [2.05, 4.69) is 91.0 Å². The van der Waals surface area contributed by atoms with Crippen molar-refractivity contribution in [2.75, 3.05) is 0 Å². The molecule has 0 saturated heterocycles. The monoisotopic (exact) mass is 539 g/mol. The molecule has 0 fully saturated rings. The molecule has 0 saturated carbocycles. The van der Waals surface area contributed by atoms with Crippen molar-refractivity contribution in [1.29, 1.82) is 0 Å². The molecule has 2 aromatic heterocycles. The molecule has 0 radical (unpaired) electrons. The van der Waals surface area contributed by atoms with E-state index in [0.29, 0.717) is 17.5 Å². The third-order valence-electron chi connectivity index (χ3n) is 8.05. The highest BCUT2D eigenvalue weighted by Gasteiger charge is 2.25. The predicted molar refractivity (Wildman–Crippen MR) is 171 cm³/mol. The Hall–Kier alpha value is -5.19. The van der Waals surface area contributed by atoms with Gasteiger partial charge < -0.3 is 0 Å². The van der Waals surface area contributed by atoms with Crippen molar-refractivity contribution in [2.45, 2.75) is 0 Å². The summed E-state index contributed by atoms with van der Waals surface area (Å²) in [5, 5.41) is 5.11. The number of rotatable bonds is 3. The molecular formula is C37H21N3S. The van der Waals surface area contributed by atoms with Gasteiger partial charge in [0, 0.05) is 36.9 Å². The summed E-state index contributed by atoms with van der Waals surface area (Å²) in [6, 6.07) is 44.8. The molecule has 0 aliphatic heterocycles. The third-order valence-corrected chi connectivity index (χ3v) is 9.24. The minimum absolute atomic E-state index is 0.676. The van der Waals surface area contributed by atoms with E-state index >= 15 is 0 Å². The Morgan fingerprint density at radius 3 is 1.59 bits per heavy atom. The van der Waals surface area contributed by atoms with Crippen LogP contribution in [0, 0.1) is 0 Å². The highest BCUT2D eigenvalue weighted by molar-refractivity contribution is 7.26. The summed E-state index contributed by atoms with van der Waals surface area (Å²) in [6.07, 6.45) is 0. The minimum Gasteiger partial charge on any atom is -0.208 e. The second-order valence-electron chi connectivity index (χ2n) is 10.4. The van der Waals surface area contributed by atoms with Gasteiger partial charge in [-0.2, -0.15) is 0 Å².